The van der Waals surface area contributed by atoms with E-state index in [0.717, 1.165) is 11.1 Å². The Balaban J connectivity index is 2.55. The number of fused-ring (bicyclic) bond motifs is 1. The Morgan fingerprint density at radius 2 is 2.23 bits per heavy atom. The molecule has 0 aromatic heterocycles. The first kappa shape index (κ1) is 7.86. The average Bonchev–Trinajstić information content (AvgIpc) is 2.60. The number of aromatic nitrogens is 1. The quantitative estimate of drug-likeness (QED) is 0.672. The van der Waals surface area contributed by atoms with Crippen molar-refractivity contribution in [3.8, 4) is 11.1 Å². The summed E-state index contributed by atoms with van der Waals surface area (Å²) in [5.41, 5.74) is 2.54. The zero-order valence-corrected chi connectivity index (χ0v) is 7.20. The van der Waals surface area contributed by atoms with E-state index in [-0.39, 0.29) is 5.97 Å². The van der Waals surface area contributed by atoms with Crippen LogP contribution in [0.1, 0.15) is 10.4 Å². The van der Waals surface area contributed by atoms with Gasteiger partial charge in [-0.15, -0.1) is 0 Å². The lowest BCUT2D eigenvalue weighted by molar-refractivity contribution is 0.0602. The second-order valence-corrected chi connectivity index (χ2v) is 2.75. The fourth-order valence-electron chi connectivity index (χ4n) is 1.37. The molecular weight excluding hydrogens is 166 g/mol. The van der Waals surface area contributed by atoms with Gasteiger partial charge in [0.05, 0.1) is 12.7 Å². The number of hydrogen-bond acceptors (Lipinski definition) is 2. The van der Waals surface area contributed by atoms with E-state index in [4.69, 9.17) is 0 Å². The fraction of sp³-hybridized carbons (Fsp3) is 0.100. The van der Waals surface area contributed by atoms with Crippen LogP contribution < -0.4 is 0 Å². The third-order valence-electron chi connectivity index (χ3n) is 2.02. The van der Waals surface area contributed by atoms with E-state index in [2.05, 4.69) is 9.72 Å². The van der Waals surface area contributed by atoms with Crippen molar-refractivity contribution in [1.82, 2.24) is 4.98 Å². The van der Waals surface area contributed by atoms with E-state index >= 15 is 0 Å². The minimum atomic E-state index is -0.297. The van der Waals surface area contributed by atoms with Crippen molar-refractivity contribution < 1.29 is 9.53 Å². The van der Waals surface area contributed by atoms with Crippen LogP contribution in [-0.4, -0.2) is 18.1 Å². The monoisotopic (exact) mass is 175 g/mol. The lowest BCUT2D eigenvalue weighted by Gasteiger charge is -2.00. The molecule has 0 atom stereocenters. The smallest absolute Gasteiger partial charge is 0.338 e. The first-order chi connectivity index (χ1) is 6.33. The number of H-pyrrole nitrogens is 1. The van der Waals surface area contributed by atoms with Crippen molar-refractivity contribution >= 4 is 5.97 Å². The second-order valence-electron chi connectivity index (χ2n) is 2.75. The molecule has 0 saturated heterocycles. The molecule has 1 N–H and O–H groups in total. The third-order valence-corrected chi connectivity index (χ3v) is 2.02. The van der Waals surface area contributed by atoms with Crippen molar-refractivity contribution in [2.24, 2.45) is 0 Å². The number of pyridine rings is 1. The van der Waals surface area contributed by atoms with Crippen LogP contribution in [0.25, 0.3) is 11.1 Å². The summed E-state index contributed by atoms with van der Waals surface area (Å²) in [5, 5.41) is 0. The lowest BCUT2D eigenvalue weighted by Crippen LogP contribution is -2.00. The number of ether oxygens (including phenoxy) is 1. The summed E-state index contributed by atoms with van der Waals surface area (Å²) in [6, 6.07) is 5.58. The van der Waals surface area contributed by atoms with Crippen LogP contribution in [0.5, 0.6) is 0 Å². The Kier molecular flexibility index (Phi) is 1.77. The van der Waals surface area contributed by atoms with Gasteiger partial charge in [-0.2, -0.15) is 0 Å². The predicted octanol–water partition coefficient (Wildman–Crippen LogP) is 1.91. The maximum absolute atomic E-state index is 11.3. The molecule has 0 aromatic carbocycles. The molecule has 1 aliphatic carbocycles. The summed E-state index contributed by atoms with van der Waals surface area (Å²) >= 11 is 0. The van der Waals surface area contributed by atoms with E-state index in [1.165, 1.54) is 7.11 Å². The molecule has 3 nitrogen and oxygen atoms in total. The molecule has 1 heterocycles. The fourth-order valence-corrected chi connectivity index (χ4v) is 1.37. The lowest BCUT2D eigenvalue weighted by atomic mass is 10.1. The molecule has 0 amide bonds. The molecule has 0 saturated carbocycles. The van der Waals surface area contributed by atoms with Gasteiger partial charge in [-0.05, 0) is 17.7 Å². The standard InChI is InChI=1S/C10H9NO2/c1-13-10(12)8-3-2-7-4-5-11-6-9(7)8/h2-6,11H,1H3. The van der Waals surface area contributed by atoms with Crippen molar-refractivity contribution in [3.63, 3.8) is 0 Å². The van der Waals surface area contributed by atoms with Crippen molar-refractivity contribution in [1.29, 1.82) is 0 Å². The predicted molar refractivity (Wildman–Crippen MR) is 48.8 cm³/mol. The van der Waals surface area contributed by atoms with Crippen LogP contribution in [0.3, 0.4) is 0 Å². The summed E-state index contributed by atoms with van der Waals surface area (Å²) in [7, 11) is 1.38. The van der Waals surface area contributed by atoms with E-state index in [9.17, 15) is 4.79 Å². The number of hydrogen-bond donors (Lipinski definition) is 1. The first-order valence-electron chi connectivity index (χ1n) is 3.97. The minimum absolute atomic E-state index is 0.297. The van der Waals surface area contributed by atoms with Gasteiger partial charge in [-0.25, -0.2) is 4.79 Å². The summed E-state index contributed by atoms with van der Waals surface area (Å²) in [5.74, 6) is -0.297. The maximum Gasteiger partial charge on any atom is 0.338 e. The van der Waals surface area contributed by atoms with E-state index in [1.807, 2.05) is 18.3 Å². The Labute approximate surface area is 75.7 Å². The molecule has 0 unspecified atom stereocenters. The second kappa shape index (κ2) is 2.94. The number of aromatic amines is 1. The summed E-state index contributed by atoms with van der Waals surface area (Å²) in [6.07, 6.45) is 3.62. The van der Waals surface area contributed by atoms with Gasteiger partial charge in [-0.3, -0.25) is 0 Å². The highest BCUT2D eigenvalue weighted by Gasteiger charge is 2.14. The molecule has 2 rings (SSSR count). The number of methoxy groups -OCH3 is 1. The van der Waals surface area contributed by atoms with E-state index < -0.39 is 0 Å². The minimum Gasteiger partial charge on any atom is -0.465 e. The SMILES string of the molecule is COC(=O)c1ccc2cc[nH]cc1-2. The van der Waals surface area contributed by atoms with Crippen molar-refractivity contribution in [3.05, 3.63) is 36.2 Å². The van der Waals surface area contributed by atoms with Gasteiger partial charge in [0.25, 0.3) is 0 Å². The summed E-state index contributed by atoms with van der Waals surface area (Å²) < 4.78 is 4.65. The van der Waals surface area contributed by atoms with Crippen LogP contribution in [0, 0.1) is 0 Å². The number of carbonyl (C=O) groups excluding carboxylic acids is 1. The highest BCUT2D eigenvalue weighted by atomic mass is 16.5. The zero-order valence-electron chi connectivity index (χ0n) is 7.20. The Morgan fingerprint density at radius 3 is 3.00 bits per heavy atom. The number of nitrogens with one attached hydrogen (secondary N) is 1. The van der Waals surface area contributed by atoms with E-state index in [1.54, 1.807) is 12.3 Å². The molecule has 0 spiro atoms. The molecule has 2 aliphatic rings. The van der Waals surface area contributed by atoms with E-state index in [0.29, 0.717) is 5.56 Å². The van der Waals surface area contributed by atoms with Gasteiger partial charge in [-0.1, -0.05) is 6.07 Å². The zero-order chi connectivity index (χ0) is 9.26. The van der Waals surface area contributed by atoms with Crippen LogP contribution in [0.2, 0.25) is 0 Å². The maximum atomic E-state index is 11.3. The van der Waals surface area contributed by atoms with Gasteiger partial charge < -0.3 is 9.72 Å². The van der Waals surface area contributed by atoms with Crippen LogP contribution in [0.15, 0.2) is 30.6 Å². The highest BCUT2D eigenvalue weighted by Crippen LogP contribution is 2.26. The van der Waals surface area contributed by atoms with Crippen molar-refractivity contribution in [2.75, 3.05) is 7.11 Å². The van der Waals surface area contributed by atoms with Gasteiger partial charge in [0.1, 0.15) is 0 Å². The highest BCUT2D eigenvalue weighted by molar-refractivity contribution is 5.98. The molecule has 3 heteroatoms. The molecule has 13 heavy (non-hydrogen) atoms. The van der Waals surface area contributed by atoms with Gasteiger partial charge in [0, 0.05) is 18.0 Å². The number of esters is 1. The average molecular weight is 175 g/mol. The molecular formula is C10H9NO2. The van der Waals surface area contributed by atoms with Crippen LogP contribution >= 0.6 is 0 Å². The largest absolute Gasteiger partial charge is 0.465 e. The molecule has 66 valence electrons. The normalized spacial score (nSPS) is 10.2. The van der Waals surface area contributed by atoms with Crippen LogP contribution in [-0.2, 0) is 4.74 Å². The van der Waals surface area contributed by atoms with Gasteiger partial charge in [0.2, 0.25) is 0 Å². The molecule has 0 fully saturated rings. The number of rotatable bonds is 1. The molecule has 0 aromatic rings. The van der Waals surface area contributed by atoms with Crippen molar-refractivity contribution in [2.45, 2.75) is 0 Å². The Bertz CT molecular complexity index is 405. The molecule has 0 radical (unpaired) electrons. The number of carbonyl (C=O) groups is 1. The Morgan fingerprint density at radius 1 is 1.38 bits per heavy atom. The summed E-state index contributed by atoms with van der Waals surface area (Å²) in [4.78, 5) is 14.2. The van der Waals surface area contributed by atoms with Gasteiger partial charge >= 0.3 is 5.97 Å². The molecule has 0 bridgehead atoms. The first-order valence-corrected chi connectivity index (χ1v) is 3.97. The molecule has 1 aliphatic heterocycles. The van der Waals surface area contributed by atoms with Gasteiger partial charge in [0.15, 0.2) is 0 Å². The summed E-state index contributed by atoms with van der Waals surface area (Å²) in [6.45, 7) is 0. The van der Waals surface area contributed by atoms with Crippen LogP contribution in [0.4, 0.5) is 0 Å². The topological polar surface area (TPSA) is 42.1 Å². The third kappa shape index (κ3) is 1.18. The Hall–Kier alpha value is -1.77.